The van der Waals surface area contributed by atoms with Gasteiger partial charge in [0.25, 0.3) is 27.8 Å². The maximum atomic E-state index is 15.0. The number of aromatic nitrogens is 3. The largest absolute Gasteiger partial charge is 0.493 e. The molecule has 4 N–H and O–H groups in total. The normalized spacial score (nSPS) is 20.9. The summed E-state index contributed by atoms with van der Waals surface area (Å²) in [7, 11) is -1.85. The molecule has 0 radical (unpaired) electrons. The second kappa shape index (κ2) is 22.2. The number of H-pyrrole nitrogens is 1. The highest BCUT2D eigenvalue weighted by atomic mass is 32.2. The third-order valence-electron chi connectivity index (χ3n) is 17.3. The van der Waals surface area contributed by atoms with Crippen LogP contribution in [0.25, 0.3) is 22.0 Å². The minimum atomic E-state index is -4.76. The summed E-state index contributed by atoms with van der Waals surface area (Å²) in [6, 6.07) is 20.9. The van der Waals surface area contributed by atoms with Crippen molar-refractivity contribution in [1.82, 2.24) is 29.5 Å². The van der Waals surface area contributed by atoms with E-state index in [0.29, 0.717) is 86.2 Å². The molecule has 4 aliphatic rings. The first-order valence-electron chi connectivity index (χ1n) is 27.6. The maximum Gasteiger partial charge on any atom is 0.312 e. The van der Waals surface area contributed by atoms with Crippen molar-refractivity contribution in [2.45, 2.75) is 107 Å². The molecule has 1 spiro atoms. The molecule has 2 aliphatic heterocycles. The number of carbonyl (C=O) groups excluding carboxylic acids is 1. The molecule has 3 aromatic carbocycles. The molecule has 428 valence electrons. The van der Waals surface area contributed by atoms with Gasteiger partial charge in [-0.25, -0.2) is 22.5 Å². The van der Waals surface area contributed by atoms with Gasteiger partial charge in [0.15, 0.2) is 17.1 Å². The smallest absolute Gasteiger partial charge is 0.312 e. The van der Waals surface area contributed by atoms with Gasteiger partial charge >= 0.3 is 5.69 Å². The molecule has 2 saturated heterocycles. The van der Waals surface area contributed by atoms with Crippen LogP contribution in [0.5, 0.6) is 23.1 Å². The highest BCUT2D eigenvalue weighted by Gasteiger charge is 2.50. The number of rotatable bonds is 17. The van der Waals surface area contributed by atoms with Gasteiger partial charge in [0, 0.05) is 99.4 Å². The van der Waals surface area contributed by atoms with Crippen molar-refractivity contribution in [2.75, 3.05) is 63.7 Å². The lowest BCUT2D eigenvalue weighted by atomic mass is 9.59. The Morgan fingerprint density at radius 1 is 0.951 bits per heavy atom. The monoisotopic (exact) mass is 1130 g/mol. The second-order valence-electron chi connectivity index (χ2n) is 22.9. The Morgan fingerprint density at radius 2 is 1.72 bits per heavy atom. The van der Waals surface area contributed by atoms with E-state index in [-0.39, 0.29) is 57.2 Å². The zero-order chi connectivity index (χ0) is 57.0. The topological polar surface area (TPSA) is 231 Å². The molecule has 4 fully saturated rings. The Morgan fingerprint density at radius 3 is 2.44 bits per heavy atom. The summed E-state index contributed by atoms with van der Waals surface area (Å²) in [5, 5.41) is 26.4. The van der Waals surface area contributed by atoms with E-state index in [1.165, 1.54) is 36.4 Å². The molecule has 1 amide bonds. The molecule has 81 heavy (non-hydrogen) atoms. The SMILES string of the molecule is COc1nc2[nH]cc(F)c2cc1Oc1cc(N2CCC3(CC2)CC(N2CCN(Cc4ccc(OC)c5oc(F)cc45)C[C@H]2c2ccccc2C(C)C)C3)ccc1C(=O)NS(=O)(=O)c1cnc(NCC2CCC(C)(O)CC2)c([N+](=O)[O-])c1. The number of ether oxygens (including phenoxy) is 3. The number of aliphatic hydroxyl groups is 1. The van der Waals surface area contributed by atoms with Crippen molar-refractivity contribution in [2.24, 2.45) is 11.3 Å². The summed E-state index contributed by atoms with van der Waals surface area (Å²) < 4.78 is 82.2. The Bertz CT molecular complexity index is 3620. The number of fused-ring (bicyclic) bond motifs is 2. The average Bonchev–Trinajstić information content (AvgIpc) is 4.08. The first kappa shape index (κ1) is 55.5. The van der Waals surface area contributed by atoms with Gasteiger partial charge in [0.1, 0.15) is 22.1 Å². The summed E-state index contributed by atoms with van der Waals surface area (Å²) in [5.74, 6) is -1.04. The summed E-state index contributed by atoms with van der Waals surface area (Å²) in [6.07, 6.45) is 8.53. The predicted octanol–water partition coefficient (Wildman–Crippen LogP) is 10.6. The number of aromatic amines is 1. The van der Waals surface area contributed by atoms with Crippen LogP contribution in [-0.2, 0) is 16.6 Å². The van der Waals surface area contributed by atoms with Crippen LogP contribution in [0.4, 0.5) is 26.0 Å². The van der Waals surface area contributed by atoms with Crippen LogP contribution < -0.4 is 29.1 Å². The second-order valence-corrected chi connectivity index (χ2v) is 24.6. The number of nitro groups is 1. The molecule has 0 bridgehead atoms. The summed E-state index contributed by atoms with van der Waals surface area (Å²) in [5.41, 5.74) is 3.49. The standard InChI is InChI=1S/C59H67F2N9O10S/c1-35(2)41-8-6-7-9-42(41)48-34-67(33-37-10-13-49(77-4)53-44(37)27-52(61)80-53)22-23-69(48)39-28-59(29-39)18-20-68(21-19-59)38-11-12-43(50(24-38)79-51-26-45-46(60)32-64-54(45)65-57(51)78-5)56(71)66-81(75,76)40-25-47(70(73)74)55(63-31-40)62-30-36-14-16-58(3,72)17-15-36/h6-13,24-27,31-32,35-36,39,48,72H,14-23,28-30,33-34H2,1-5H3,(H,62,63)(H,64,65)(H,66,71)/t36?,48-,58?/m0/s1. The van der Waals surface area contributed by atoms with Gasteiger partial charge in [0.2, 0.25) is 5.82 Å². The van der Waals surface area contributed by atoms with Gasteiger partial charge in [-0.2, -0.15) is 9.37 Å². The van der Waals surface area contributed by atoms with Crippen molar-refractivity contribution in [3.8, 4) is 23.1 Å². The van der Waals surface area contributed by atoms with Crippen molar-refractivity contribution in [3.63, 3.8) is 0 Å². The van der Waals surface area contributed by atoms with Crippen LogP contribution in [0.2, 0.25) is 0 Å². The van der Waals surface area contributed by atoms with E-state index in [1.54, 1.807) is 26.2 Å². The Balaban J connectivity index is 0.806. The zero-order valence-corrected chi connectivity index (χ0v) is 46.8. The molecular weight excluding hydrogens is 1060 g/mol. The Hall–Kier alpha value is -7.40. The first-order valence-corrected chi connectivity index (χ1v) is 29.1. The van der Waals surface area contributed by atoms with Gasteiger partial charge in [-0.15, -0.1) is 0 Å². The molecule has 7 aromatic rings. The van der Waals surface area contributed by atoms with Crippen molar-refractivity contribution < 1.29 is 50.7 Å². The van der Waals surface area contributed by atoms with E-state index < -0.39 is 48.9 Å². The molecule has 2 aliphatic carbocycles. The average molecular weight is 1130 g/mol. The summed E-state index contributed by atoms with van der Waals surface area (Å²) in [6.45, 7) is 11.1. The van der Waals surface area contributed by atoms with Crippen LogP contribution >= 0.6 is 0 Å². The molecule has 22 heteroatoms. The number of sulfonamides is 1. The number of piperidine rings is 1. The van der Waals surface area contributed by atoms with Gasteiger partial charge in [-0.3, -0.25) is 24.7 Å². The number of amides is 1. The molecule has 11 rings (SSSR count). The van der Waals surface area contributed by atoms with Crippen LogP contribution in [0.1, 0.15) is 111 Å². The third kappa shape index (κ3) is 11.3. The quantitative estimate of drug-likeness (QED) is 0.0491. The fourth-order valence-corrected chi connectivity index (χ4v) is 13.6. The molecule has 0 unspecified atom stereocenters. The van der Waals surface area contributed by atoms with Crippen molar-refractivity contribution >= 4 is 55.1 Å². The van der Waals surface area contributed by atoms with Crippen LogP contribution in [0.15, 0.2) is 94.5 Å². The van der Waals surface area contributed by atoms with E-state index in [0.717, 1.165) is 69.3 Å². The summed E-state index contributed by atoms with van der Waals surface area (Å²) in [4.78, 5) is 43.7. The van der Waals surface area contributed by atoms with Crippen LogP contribution in [0, 0.1) is 33.3 Å². The summed E-state index contributed by atoms with van der Waals surface area (Å²) >= 11 is 0. The molecule has 19 nitrogen and oxygen atoms in total. The molecule has 2 saturated carbocycles. The molecule has 4 aromatic heterocycles. The Labute approximate surface area is 468 Å². The number of benzene rings is 3. The van der Waals surface area contributed by atoms with Gasteiger partial charge < -0.3 is 38.9 Å². The van der Waals surface area contributed by atoms with Gasteiger partial charge in [-0.1, -0.05) is 44.2 Å². The van der Waals surface area contributed by atoms with Crippen molar-refractivity contribution in [1.29, 1.82) is 0 Å². The van der Waals surface area contributed by atoms with E-state index in [9.17, 15) is 37.2 Å². The highest BCUT2D eigenvalue weighted by Crippen LogP contribution is 2.54. The van der Waals surface area contributed by atoms with Crippen LogP contribution in [0.3, 0.4) is 0 Å². The molecule has 6 heterocycles. The number of nitrogens with zero attached hydrogens (tertiary/aromatic N) is 6. The molecule has 1 atom stereocenters. The van der Waals surface area contributed by atoms with E-state index in [4.69, 9.17) is 18.6 Å². The zero-order valence-electron chi connectivity index (χ0n) is 46.0. The van der Waals surface area contributed by atoms with E-state index in [2.05, 4.69) is 77.8 Å². The fourth-order valence-electron chi connectivity index (χ4n) is 12.7. The maximum absolute atomic E-state index is 15.0. The van der Waals surface area contributed by atoms with Gasteiger partial charge in [0.05, 0.1) is 41.9 Å². The number of nitrogens with one attached hydrogen (secondary N) is 3. The number of halogens is 2. The fraction of sp³-hybridized carbons (Fsp3) is 0.441. The number of furan rings is 1. The number of carbonyl (C=O) groups is 1. The number of pyridine rings is 2. The number of hydrogen-bond acceptors (Lipinski definition) is 16. The minimum absolute atomic E-state index is 0.0309. The lowest BCUT2D eigenvalue weighted by Crippen LogP contribution is -2.60. The number of anilines is 2. The van der Waals surface area contributed by atoms with E-state index >= 15 is 0 Å². The minimum Gasteiger partial charge on any atom is -0.493 e. The lowest BCUT2D eigenvalue weighted by Gasteiger charge is -2.58. The predicted molar refractivity (Wildman–Crippen MR) is 301 cm³/mol. The molecular formula is C59H67F2N9O10S. The lowest BCUT2D eigenvalue weighted by molar-refractivity contribution is -0.384. The third-order valence-corrected chi connectivity index (χ3v) is 18.6. The Kier molecular flexibility index (Phi) is 15.2. The first-order chi connectivity index (χ1) is 38.8. The van der Waals surface area contributed by atoms with E-state index in [1.807, 2.05) is 12.1 Å². The number of hydrogen-bond donors (Lipinski definition) is 4. The number of methoxy groups -OCH3 is 2. The van der Waals surface area contributed by atoms with Gasteiger partial charge in [-0.05, 0) is 110 Å². The number of piperazine rings is 1. The highest BCUT2D eigenvalue weighted by molar-refractivity contribution is 7.90. The van der Waals surface area contributed by atoms with Crippen molar-refractivity contribution in [3.05, 3.63) is 129 Å². The van der Waals surface area contributed by atoms with Crippen LogP contribution in [-0.4, -0.2) is 114 Å².